The van der Waals surface area contributed by atoms with Gasteiger partial charge in [0.2, 0.25) is 0 Å². The van der Waals surface area contributed by atoms with Gasteiger partial charge in [-0.25, -0.2) is 4.79 Å². The van der Waals surface area contributed by atoms with Crippen LogP contribution in [0.5, 0.6) is 11.5 Å². The van der Waals surface area contributed by atoms with Crippen molar-refractivity contribution in [2.75, 3.05) is 31.1 Å². The molecule has 0 unspecified atom stereocenters. The summed E-state index contributed by atoms with van der Waals surface area (Å²) in [5.74, 6) is 0.822. The smallest absolute Gasteiger partial charge is 0.415 e. The standard InChI is InChI=1S/C17H18N2O3/c20-15-8-6-14(7-9-15)18-10-12-19(13-11-18)17(21)22-16-4-2-1-3-5-16/h1-9,20H,10-13H2. The number of amides is 1. The van der Waals surface area contributed by atoms with Crippen molar-refractivity contribution in [2.24, 2.45) is 0 Å². The van der Waals surface area contributed by atoms with Crippen LogP contribution in [0.3, 0.4) is 0 Å². The molecule has 1 heterocycles. The SMILES string of the molecule is O=C(Oc1ccccc1)N1CCN(c2ccc(O)cc2)CC1. The number of phenolic OH excluding ortho intramolecular Hbond substituents is 1. The Kier molecular flexibility index (Phi) is 4.14. The van der Waals surface area contributed by atoms with E-state index in [0.717, 1.165) is 18.8 Å². The molecule has 114 valence electrons. The Bertz CT molecular complexity index is 620. The summed E-state index contributed by atoms with van der Waals surface area (Å²) in [6.07, 6.45) is -0.309. The molecule has 1 amide bonds. The lowest BCUT2D eigenvalue weighted by molar-refractivity contribution is 0.149. The van der Waals surface area contributed by atoms with Crippen LogP contribution in [0.4, 0.5) is 10.5 Å². The number of hydrogen-bond acceptors (Lipinski definition) is 4. The van der Waals surface area contributed by atoms with Crippen LogP contribution in [-0.2, 0) is 0 Å². The highest BCUT2D eigenvalue weighted by molar-refractivity contribution is 5.71. The average Bonchev–Trinajstić information content (AvgIpc) is 2.57. The summed E-state index contributed by atoms with van der Waals surface area (Å²) in [5, 5.41) is 9.32. The fourth-order valence-corrected chi connectivity index (χ4v) is 2.46. The first-order valence-electron chi connectivity index (χ1n) is 7.28. The van der Waals surface area contributed by atoms with E-state index < -0.39 is 0 Å². The summed E-state index contributed by atoms with van der Waals surface area (Å²) in [4.78, 5) is 16.0. The van der Waals surface area contributed by atoms with Crippen LogP contribution in [0.25, 0.3) is 0 Å². The number of ether oxygens (including phenoxy) is 1. The Morgan fingerprint density at radius 1 is 0.909 bits per heavy atom. The number of anilines is 1. The first-order chi connectivity index (χ1) is 10.7. The fraction of sp³-hybridized carbons (Fsp3) is 0.235. The molecule has 1 aliphatic rings. The van der Waals surface area contributed by atoms with Crippen molar-refractivity contribution in [1.29, 1.82) is 0 Å². The summed E-state index contributed by atoms with van der Waals surface area (Å²) in [5.41, 5.74) is 1.05. The van der Waals surface area contributed by atoms with Gasteiger partial charge >= 0.3 is 6.09 Å². The van der Waals surface area contributed by atoms with Gasteiger partial charge in [0.05, 0.1) is 0 Å². The molecule has 0 saturated carbocycles. The molecule has 1 N–H and O–H groups in total. The average molecular weight is 298 g/mol. The van der Waals surface area contributed by atoms with Gasteiger partial charge in [-0.2, -0.15) is 0 Å². The lowest BCUT2D eigenvalue weighted by Crippen LogP contribution is -2.49. The molecule has 5 heteroatoms. The molecule has 5 nitrogen and oxygen atoms in total. The Hall–Kier alpha value is -2.69. The third kappa shape index (κ3) is 3.31. The maximum Gasteiger partial charge on any atom is 0.415 e. The van der Waals surface area contributed by atoms with Crippen LogP contribution < -0.4 is 9.64 Å². The van der Waals surface area contributed by atoms with E-state index in [1.165, 1.54) is 0 Å². The Labute approximate surface area is 129 Å². The molecule has 0 aliphatic carbocycles. The summed E-state index contributed by atoms with van der Waals surface area (Å²) in [7, 11) is 0. The Morgan fingerprint density at radius 3 is 2.18 bits per heavy atom. The number of carbonyl (C=O) groups excluding carboxylic acids is 1. The van der Waals surface area contributed by atoms with Crippen LogP contribution in [0.1, 0.15) is 0 Å². The molecule has 2 aromatic carbocycles. The highest BCUT2D eigenvalue weighted by Gasteiger charge is 2.22. The van der Waals surface area contributed by atoms with Crippen molar-refractivity contribution in [3.8, 4) is 11.5 Å². The zero-order valence-corrected chi connectivity index (χ0v) is 12.2. The number of nitrogens with zero attached hydrogens (tertiary/aromatic N) is 2. The topological polar surface area (TPSA) is 53.0 Å². The second kappa shape index (κ2) is 6.39. The minimum Gasteiger partial charge on any atom is -0.508 e. The third-order valence-corrected chi connectivity index (χ3v) is 3.70. The number of para-hydroxylation sites is 1. The lowest BCUT2D eigenvalue weighted by atomic mass is 10.2. The molecule has 1 aliphatic heterocycles. The van der Waals surface area contributed by atoms with E-state index in [2.05, 4.69) is 4.90 Å². The van der Waals surface area contributed by atoms with Crippen LogP contribution >= 0.6 is 0 Å². The molecule has 0 spiro atoms. The van der Waals surface area contributed by atoms with Gasteiger partial charge in [-0.1, -0.05) is 18.2 Å². The maximum atomic E-state index is 12.1. The zero-order valence-electron chi connectivity index (χ0n) is 12.2. The van der Waals surface area contributed by atoms with Gasteiger partial charge in [-0.05, 0) is 36.4 Å². The van der Waals surface area contributed by atoms with Gasteiger partial charge < -0.3 is 19.6 Å². The maximum absolute atomic E-state index is 12.1. The van der Waals surface area contributed by atoms with Gasteiger partial charge in [0.25, 0.3) is 0 Å². The van der Waals surface area contributed by atoms with Crippen molar-refractivity contribution in [3.05, 3.63) is 54.6 Å². The van der Waals surface area contributed by atoms with Crippen LogP contribution in [0, 0.1) is 0 Å². The zero-order chi connectivity index (χ0) is 15.4. The van der Waals surface area contributed by atoms with E-state index in [1.807, 2.05) is 30.3 Å². The van der Waals surface area contributed by atoms with Gasteiger partial charge in [0, 0.05) is 31.9 Å². The molecule has 1 saturated heterocycles. The number of phenols is 1. The van der Waals surface area contributed by atoms with Gasteiger partial charge in [0.1, 0.15) is 11.5 Å². The number of carbonyl (C=O) groups is 1. The minimum absolute atomic E-state index is 0.258. The van der Waals surface area contributed by atoms with Crippen LogP contribution in [0.2, 0.25) is 0 Å². The Morgan fingerprint density at radius 2 is 1.55 bits per heavy atom. The molecule has 22 heavy (non-hydrogen) atoms. The molecule has 1 fully saturated rings. The molecule has 3 rings (SSSR count). The number of benzene rings is 2. The van der Waals surface area contributed by atoms with E-state index in [1.54, 1.807) is 29.2 Å². The fourth-order valence-electron chi connectivity index (χ4n) is 2.46. The largest absolute Gasteiger partial charge is 0.508 e. The van der Waals surface area contributed by atoms with Crippen molar-refractivity contribution < 1.29 is 14.6 Å². The van der Waals surface area contributed by atoms with Crippen molar-refractivity contribution in [2.45, 2.75) is 0 Å². The predicted octanol–water partition coefficient (Wildman–Crippen LogP) is 2.71. The third-order valence-electron chi connectivity index (χ3n) is 3.70. The molecule has 0 radical (unpaired) electrons. The van der Waals surface area contributed by atoms with E-state index in [9.17, 15) is 9.90 Å². The second-order valence-electron chi connectivity index (χ2n) is 5.17. The number of hydrogen-bond donors (Lipinski definition) is 1. The monoisotopic (exact) mass is 298 g/mol. The van der Waals surface area contributed by atoms with Crippen molar-refractivity contribution in [3.63, 3.8) is 0 Å². The van der Waals surface area contributed by atoms with E-state index in [4.69, 9.17) is 4.74 Å². The number of aromatic hydroxyl groups is 1. The minimum atomic E-state index is -0.309. The summed E-state index contributed by atoms with van der Waals surface area (Å²) in [6, 6.07) is 16.2. The lowest BCUT2D eigenvalue weighted by Gasteiger charge is -2.35. The van der Waals surface area contributed by atoms with Crippen molar-refractivity contribution >= 4 is 11.8 Å². The number of rotatable bonds is 2. The number of piperazine rings is 1. The summed E-state index contributed by atoms with van der Waals surface area (Å²) in [6.45, 7) is 2.72. The first kappa shape index (κ1) is 14.3. The molecular weight excluding hydrogens is 280 g/mol. The highest BCUT2D eigenvalue weighted by Crippen LogP contribution is 2.20. The van der Waals surface area contributed by atoms with E-state index >= 15 is 0 Å². The van der Waals surface area contributed by atoms with E-state index in [-0.39, 0.29) is 11.8 Å². The first-order valence-corrected chi connectivity index (χ1v) is 7.28. The van der Waals surface area contributed by atoms with Gasteiger partial charge in [0.15, 0.2) is 0 Å². The predicted molar refractivity (Wildman–Crippen MR) is 84.4 cm³/mol. The molecular formula is C17H18N2O3. The quantitative estimate of drug-likeness (QED) is 0.926. The molecule has 0 aromatic heterocycles. The summed E-state index contributed by atoms with van der Waals surface area (Å²) >= 11 is 0. The molecule has 2 aromatic rings. The molecule has 0 atom stereocenters. The summed E-state index contributed by atoms with van der Waals surface area (Å²) < 4.78 is 5.35. The Balaban J connectivity index is 1.55. The molecule has 0 bridgehead atoms. The van der Waals surface area contributed by atoms with Crippen LogP contribution in [-0.4, -0.2) is 42.3 Å². The van der Waals surface area contributed by atoms with Gasteiger partial charge in [-0.15, -0.1) is 0 Å². The van der Waals surface area contributed by atoms with Gasteiger partial charge in [-0.3, -0.25) is 0 Å². The normalized spacial score (nSPS) is 14.7. The van der Waals surface area contributed by atoms with Crippen molar-refractivity contribution in [1.82, 2.24) is 4.90 Å². The highest BCUT2D eigenvalue weighted by atomic mass is 16.6. The van der Waals surface area contributed by atoms with Crippen LogP contribution in [0.15, 0.2) is 54.6 Å². The second-order valence-corrected chi connectivity index (χ2v) is 5.17. The van der Waals surface area contributed by atoms with E-state index in [0.29, 0.717) is 18.8 Å².